The van der Waals surface area contributed by atoms with Gasteiger partial charge in [0.25, 0.3) is 0 Å². The molecule has 0 saturated carbocycles. The summed E-state index contributed by atoms with van der Waals surface area (Å²) < 4.78 is -0.917. The Morgan fingerprint density at radius 1 is 1.07 bits per heavy atom. The zero-order valence-electron chi connectivity index (χ0n) is 7.83. The fraction of sp³-hybridized carbons (Fsp3) is 0.167. The maximum absolute atomic E-state index is 6.21. The summed E-state index contributed by atoms with van der Waals surface area (Å²) in [7, 11) is 0. The van der Waals surface area contributed by atoms with Crippen LogP contribution in [0.25, 0.3) is 0 Å². The van der Waals surface area contributed by atoms with Gasteiger partial charge < -0.3 is 0 Å². The summed E-state index contributed by atoms with van der Waals surface area (Å²) in [6, 6.07) is 9.85. The van der Waals surface area contributed by atoms with Crippen molar-refractivity contribution in [1.29, 1.82) is 0 Å². The predicted octanol–water partition coefficient (Wildman–Crippen LogP) is 4.64. The number of allylic oxidation sites excluding steroid dienone is 4. The summed E-state index contributed by atoms with van der Waals surface area (Å²) in [5, 5.41) is 0.667. The van der Waals surface area contributed by atoms with Gasteiger partial charge in [0.15, 0.2) is 0 Å². The van der Waals surface area contributed by atoms with E-state index < -0.39 is 4.33 Å². The average molecular weight is 260 g/mol. The van der Waals surface area contributed by atoms with E-state index in [1.807, 2.05) is 36.4 Å². The van der Waals surface area contributed by atoms with Crippen molar-refractivity contribution in [3.8, 4) is 0 Å². The lowest BCUT2D eigenvalue weighted by molar-refractivity contribution is 0.800. The number of benzene rings is 1. The second kappa shape index (κ2) is 4.21. The summed E-state index contributed by atoms with van der Waals surface area (Å²) in [5.74, 6) is -0.0977. The van der Waals surface area contributed by atoms with Crippen molar-refractivity contribution in [3.05, 3.63) is 59.2 Å². The maximum atomic E-state index is 6.21. The second-order valence-corrected chi connectivity index (χ2v) is 5.33. The molecule has 0 amide bonds. The summed E-state index contributed by atoms with van der Waals surface area (Å²) in [6.45, 7) is 0. The highest BCUT2D eigenvalue weighted by Crippen LogP contribution is 2.43. The van der Waals surface area contributed by atoms with Crippen molar-refractivity contribution in [1.82, 2.24) is 0 Å². The first-order chi connectivity index (χ1) is 7.09. The SMILES string of the molecule is ClC1=CC(c2ccccc2)C(Cl)(Cl)C=C1. The van der Waals surface area contributed by atoms with Crippen LogP contribution >= 0.6 is 34.8 Å². The minimum atomic E-state index is -0.917. The van der Waals surface area contributed by atoms with Gasteiger partial charge in [-0.25, -0.2) is 0 Å². The van der Waals surface area contributed by atoms with Crippen LogP contribution in [0.1, 0.15) is 11.5 Å². The van der Waals surface area contributed by atoms with Crippen LogP contribution < -0.4 is 0 Å². The van der Waals surface area contributed by atoms with Crippen molar-refractivity contribution in [2.75, 3.05) is 0 Å². The van der Waals surface area contributed by atoms with Crippen molar-refractivity contribution >= 4 is 34.8 Å². The molecule has 1 atom stereocenters. The standard InChI is InChI=1S/C12H9Cl3/c13-10-6-7-12(14,15)11(8-10)9-4-2-1-3-5-9/h1-8,11H. The highest BCUT2D eigenvalue weighted by molar-refractivity contribution is 6.51. The van der Waals surface area contributed by atoms with E-state index >= 15 is 0 Å². The van der Waals surface area contributed by atoms with Gasteiger partial charge in [-0.3, -0.25) is 0 Å². The molecule has 0 spiro atoms. The second-order valence-electron chi connectivity index (χ2n) is 3.45. The Morgan fingerprint density at radius 3 is 2.40 bits per heavy atom. The minimum Gasteiger partial charge on any atom is -0.0959 e. The van der Waals surface area contributed by atoms with E-state index in [0.29, 0.717) is 5.03 Å². The zero-order chi connectivity index (χ0) is 10.9. The van der Waals surface area contributed by atoms with E-state index in [9.17, 15) is 0 Å². The van der Waals surface area contributed by atoms with Gasteiger partial charge in [0.1, 0.15) is 4.33 Å². The molecule has 0 bridgehead atoms. The van der Waals surface area contributed by atoms with Gasteiger partial charge >= 0.3 is 0 Å². The molecule has 0 N–H and O–H groups in total. The Balaban J connectivity index is 2.40. The molecule has 0 radical (unpaired) electrons. The van der Waals surface area contributed by atoms with Crippen molar-refractivity contribution in [2.24, 2.45) is 0 Å². The molecule has 1 unspecified atom stereocenters. The van der Waals surface area contributed by atoms with Gasteiger partial charge in [-0.2, -0.15) is 0 Å². The minimum absolute atomic E-state index is 0.0977. The first-order valence-corrected chi connectivity index (χ1v) is 5.72. The van der Waals surface area contributed by atoms with Crippen LogP contribution in [0.5, 0.6) is 0 Å². The third-order valence-electron chi connectivity index (χ3n) is 2.36. The van der Waals surface area contributed by atoms with E-state index in [1.54, 1.807) is 12.2 Å². The predicted molar refractivity (Wildman–Crippen MR) is 66.7 cm³/mol. The molecule has 1 aromatic carbocycles. The van der Waals surface area contributed by atoms with Crippen LogP contribution in [0, 0.1) is 0 Å². The highest BCUT2D eigenvalue weighted by Gasteiger charge is 2.34. The number of hydrogen-bond donors (Lipinski definition) is 0. The van der Waals surface area contributed by atoms with E-state index in [0.717, 1.165) is 5.56 Å². The molecule has 2 rings (SSSR count). The maximum Gasteiger partial charge on any atom is 0.146 e. The molecular formula is C12H9Cl3. The number of hydrogen-bond acceptors (Lipinski definition) is 0. The van der Waals surface area contributed by atoms with Gasteiger partial charge in [-0.05, 0) is 17.7 Å². The summed E-state index contributed by atoms with van der Waals surface area (Å²) in [6.07, 6.45) is 5.31. The number of rotatable bonds is 1. The lowest BCUT2D eigenvalue weighted by Gasteiger charge is -2.27. The van der Waals surface area contributed by atoms with Crippen LogP contribution in [0.15, 0.2) is 53.6 Å². The first-order valence-electron chi connectivity index (χ1n) is 4.59. The molecule has 0 heterocycles. The molecular weight excluding hydrogens is 250 g/mol. The Labute approximate surface area is 104 Å². The molecule has 78 valence electrons. The van der Waals surface area contributed by atoms with Gasteiger partial charge in [-0.15, -0.1) is 0 Å². The molecule has 0 nitrogen and oxygen atoms in total. The molecule has 0 aromatic heterocycles. The third-order valence-corrected chi connectivity index (χ3v) is 3.34. The molecule has 0 saturated heterocycles. The van der Waals surface area contributed by atoms with Crippen LogP contribution in [-0.4, -0.2) is 4.33 Å². The van der Waals surface area contributed by atoms with Gasteiger partial charge in [0.2, 0.25) is 0 Å². The molecule has 1 aliphatic carbocycles. The molecule has 0 aliphatic heterocycles. The van der Waals surface area contributed by atoms with Gasteiger partial charge in [0.05, 0.1) is 0 Å². The Bertz CT molecular complexity index is 404. The lowest BCUT2D eigenvalue weighted by Crippen LogP contribution is -2.21. The first kappa shape index (κ1) is 11.1. The number of halogens is 3. The fourth-order valence-corrected chi connectivity index (χ4v) is 2.29. The highest BCUT2D eigenvalue weighted by atomic mass is 35.5. The normalized spacial score (nSPS) is 23.7. The summed E-state index contributed by atoms with van der Waals surface area (Å²) >= 11 is 18.4. The molecule has 1 aromatic rings. The van der Waals surface area contributed by atoms with Crippen molar-refractivity contribution in [2.45, 2.75) is 10.3 Å². The van der Waals surface area contributed by atoms with Crippen LogP contribution in [-0.2, 0) is 0 Å². The van der Waals surface area contributed by atoms with Crippen molar-refractivity contribution < 1.29 is 0 Å². The van der Waals surface area contributed by atoms with Crippen LogP contribution in [0.3, 0.4) is 0 Å². The van der Waals surface area contributed by atoms with Gasteiger partial charge in [0, 0.05) is 11.0 Å². The van der Waals surface area contributed by atoms with E-state index in [2.05, 4.69) is 0 Å². The van der Waals surface area contributed by atoms with Crippen molar-refractivity contribution in [3.63, 3.8) is 0 Å². The van der Waals surface area contributed by atoms with Crippen LogP contribution in [0.2, 0.25) is 0 Å². The number of alkyl halides is 2. The molecule has 15 heavy (non-hydrogen) atoms. The van der Waals surface area contributed by atoms with E-state index in [1.165, 1.54) is 0 Å². The molecule has 3 heteroatoms. The van der Waals surface area contributed by atoms with E-state index in [-0.39, 0.29) is 5.92 Å². The Hall–Kier alpha value is -0.430. The summed E-state index contributed by atoms with van der Waals surface area (Å²) in [4.78, 5) is 0. The fourth-order valence-electron chi connectivity index (χ4n) is 1.60. The quantitative estimate of drug-likeness (QED) is 0.645. The topological polar surface area (TPSA) is 0 Å². The molecule has 0 fully saturated rings. The van der Waals surface area contributed by atoms with E-state index in [4.69, 9.17) is 34.8 Å². The average Bonchev–Trinajstić information content (AvgIpc) is 2.23. The van der Waals surface area contributed by atoms with Crippen LogP contribution in [0.4, 0.5) is 0 Å². The largest absolute Gasteiger partial charge is 0.146 e. The third kappa shape index (κ3) is 2.39. The Morgan fingerprint density at radius 2 is 1.73 bits per heavy atom. The van der Waals surface area contributed by atoms with Gasteiger partial charge in [-0.1, -0.05) is 71.2 Å². The summed E-state index contributed by atoms with van der Waals surface area (Å²) in [5.41, 5.74) is 1.06. The monoisotopic (exact) mass is 258 g/mol. The zero-order valence-corrected chi connectivity index (χ0v) is 10.1. The molecule has 1 aliphatic rings. The smallest absolute Gasteiger partial charge is 0.0959 e. The Kier molecular flexibility index (Phi) is 3.11. The lowest BCUT2D eigenvalue weighted by atomic mass is 9.91.